The molecule has 2 rings (SSSR count). The smallest absolute Gasteiger partial charge is 0.152 e. The summed E-state index contributed by atoms with van der Waals surface area (Å²) in [5, 5.41) is 0. The fourth-order valence-electron chi connectivity index (χ4n) is 2.38. The molecule has 1 saturated heterocycles. The monoisotopic (exact) mass is 410 g/mol. The minimum Gasteiger partial charge on any atom is -0.304 e. The predicted octanol–water partition coefficient (Wildman–Crippen LogP) is 3.67. The third kappa shape index (κ3) is 4.00. The molecule has 1 aliphatic rings. The maximum atomic E-state index is 13.9. The summed E-state index contributed by atoms with van der Waals surface area (Å²) in [6.07, 6.45) is 1.38. The summed E-state index contributed by atoms with van der Waals surface area (Å²) in [7, 11) is 2.12. The van der Waals surface area contributed by atoms with E-state index in [4.69, 9.17) is 0 Å². The van der Waals surface area contributed by atoms with Gasteiger partial charge in [0, 0.05) is 31.7 Å². The molecule has 1 aromatic rings. The average molecular weight is 412 g/mol. The molecule has 1 fully saturated rings. The molecule has 112 valence electrons. The van der Waals surface area contributed by atoms with Gasteiger partial charge in [-0.15, -0.1) is 0 Å². The number of nitrogens with zero attached hydrogens (tertiary/aromatic N) is 2. The van der Waals surface area contributed by atoms with Crippen LogP contribution in [0.1, 0.15) is 12.0 Å². The fourth-order valence-corrected chi connectivity index (χ4v) is 3.65. The lowest BCUT2D eigenvalue weighted by Crippen LogP contribution is -2.44. The van der Waals surface area contributed by atoms with Crippen LogP contribution in [-0.2, 0) is 6.42 Å². The SMILES string of the molecule is CN1CCN(CCCc2c(F)cc(Br)c(F)c2Br)CC1. The highest BCUT2D eigenvalue weighted by atomic mass is 79.9. The molecule has 0 atom stereocenters. The molecule has 0 aromatic heterocycles. The van der Waals surface area contributed by atoms with Gasteiger partial charge in [0.2, 0.25) is 0 Å². The zero-order valence-corrected chi connectivity index (χ0v) is 14.6. The molecular formula is C14H18Br2F2N2. The Labute approximate surface area is 135 Å². The lowest BCUT2D eigenvalue weighted by atomic mass is 10.1. The molecule has 0 saturated carbocycles. The highest BCUT2D eigenvalue weighted by Crippen LogP contribution is 2.30. The minimum atomic E-state index is -0.430. The lowest BCUT2D eigenvalue weighted by molar-refractivity contribution is 0.153. The molecule has 6 heteroatoms. The molecule has 1 heterocycles. The van der Waals surface area contributed by atoms with Crippen LogP contribution in [-0.4, -0.2) is 49.6 Å². The van der Waals surface area contributed by atoms with Gasteiger partial charge in [-0.1, -0.05) is 0 Å². The van der Waals surface area contributed by atoms with Crippen LogP contribution in [0, 0.1) is 11.6 Å². The molecule has 0 unspecified atom stereocenters. The van der Waals surface area contributed by atoms with Crippen molar-refractivity contribution in [1.29, 1.82) is 0 Å². The average Bonchev–Trinajstić information content (AvgIpc) is 2.42. The standard InChI is InChI=1S/C14H18Br2F2N2/c1-19-5-7-20(8-6-19)4-2-3-10-12(17)9-11(15)14(18)13(10)16/h9H,2-8H2,1H3. The first-order chi connectivity index (χ1) is 9.49. The Hall–Kier alpha value is -0.0400. The van der Waals surface area contributed by atoms with Gasteiger partial charge in [0.1, 0.15) is 5.82 Å². The Morgan fingerprint density at radius 2 is 1.80 bits per heavy atom. The first-order valence-corrected chi connectivity index (χ1v) is 8.30. The molecule has 1 aromatic carbocycles. The normalized spacial score (nSPS) is 17.6. The number of likely N-dealkylation sites (N-methyl/N-ethyl adjacent to an activating group) is 1. The number of hydrogen-bond donors (Lipinski definition) is 0. The third-order valence-corrected chi connectivity index (χ3v) is 5.11. The van der Waals surface area contributed by atoms with Crippen LogP contribution in [0.4, 0.5) is 8.78 Å². The lowest BCUT2D eigenvalue weighted by Gasteiger charge is -2.32. The summed E-state index contributed by atoms with van der Waals surface area (Å²) in [6, 6.07) is 1.20. The Morgan fingerprint density at radius 3 is 2.45 bits per heavy atom. The van der Waals surface area contributed by atoms with E-state index in [1.807, 2.05) is 0 Å². The summed E-state index contributed by atoms with van der Waals surface area (Å²) in [4.78, 5) is 4.68. The number of halogens is 4. The molecule has 0 spiro atoms. The van der Waals surface area contributed by atoms with Crippen molar-refractivity contribution in [3.05, 3.63) is 32.2 Å². The molecule has 2 nitrogen and oxygen atoms in total. The van der Waals surface area contributed by atoms with E-state index in [0.717, 1.165) is 39.1 Å². The van der Waals surface area contributed by atoms with Crippen molar-refractivity contribution in [2.75, 3.05) is 39.8 Å². The van der Waals surface area contributed by atoms with E-state index in [1.54, 1.807) is 0 Å². The third-order valence-electron chi connectivity index (χ3n) is 3.71. The van der Waals surface area contributed by atoms with Gasteiger partial charge in [-0.2, -0.15) is 0 Å². The summed E-state index contributed by atoms with van der Waals surface area (Å²) >= 11 is 6.16. The van der Waals surface area contributed by atoms with Gasteiger partial charge in [-0.05, 0) is 64.4 Å². The van der Waals surface area contributed by atoms with E-state index in [9.17, 15) is 8.78 Å². The van der Waals surface area contributed by atoms with E-state index in [-0.39, 0.29) is 14.8 Å². The maximum absolute atomic E-state index is 13.9. The van der Waals surface area contributed by atoms with Gasteiger partial charge in [0.05, 0.1) is 8.95 Å². The maximum Gasteiger partial charge on any atom is 0.152 e. The Bertz CT molecular complexity index is 475. The minimum absolute atomic E-state index is 0.157. The second kappa shape index (κ2) is 7.29. The Morgan fingerprint density at radius 1 is 1.15 bits per heavy atom. The molecule has 0 aliphatic carbocycles. The number of hydrogen-bond acceptors (Lipinski definition) is 2. The van der Waals surface area contributed by atoms with Crippen molar-refractivity contribution in [3.63, 3.8) is 0 Å². The zero-order chi connectivity index (χ0) is 14.7. The summed E-state index contributed by atoms with van der Waals surface area (Å²) in [5.41, 5.74) is 0.430. The van der Waals surface area contributed by atoms with Crippen molar-refractivity contribution in [1.82, 2.24) is 9.80 Å². The number of benzene rings is 1. The van der Waals surface area contributed by atoms with E-state index in [2.05, 4.69) is 48.7 Å². The molecular weight excluding hydrogens is 394 g/mol. The molecule has 0 amide bonds. The van der Waals surface area contributed by atoms with Gasteiger partial charge in [-0.25, -0.2) is 8.78 Å². The van der Waals surface area contributed by atoms with E-state index in [0.29, 0.717) is 12.0 Å². The van der Waals surface area contributed by atoms with Crippen molar-refractivity contribution >= 4 is 31.9 Å². The van der Waals surface area contributed by atoms with E-state index >= 15 is 0 Å². The van der Waals surface area contributed by atoms with Crippen LogP contribution in [0.5, 0.6) is 0 Å². The molecule has 0 bridgehead atoms. The van der Waals surface area contributed by atoms with Crippen LogP contribution in [0.15, 0.2) is 15.0 Å². The van der Waals surface area contributed by atoms with Crippen LogP contribution < -0.4 is 0 Å². The predicted molar refractivity (Wildman–Crippen MR) is 84.0 cm³/mol. The molecule has 20 heavy (non-hydrogen) atoms. The quantitative estimate of drug-likeness (QED) is 0.550. The summed E-state index contributed by atoms with van der Waals surface area (Å²) in [6.45, 7) is 5.18. The highest BCUT2D eigenvalue weighted by molar-refractivity contribution is 9.11. The van der Waals surface area contributed by atoms with Crippen LogP contribution >= 0.6 is 31.9 Å². The summed E-state index contributed by atoms with van der Waals surface area (Å²) in [5.74, 6) is -0.787. The second-order valence-corrected chi connectivity index (χ2v) is 6.84. The fraction of sp³-hybridized carbons (Fsp3) is 0.571. The first-order valence-electron chi connectivity index (χ1n) is 6.72. The van der Waals surface area contributed by atoms with Crippen LogP contribution in [0.3, 0.4) is 0 Å². The molecule has 1 aliphatic heterocycles. The highest BCUT2D eigenvalue weighted by Gasteiger charge is 2.17. The first kappa shape index (κ1) is 16.3. The van der Waals surface area contributed by atoms with Gasteiger partial charge in [0.15, 0.2) is 5.82 Å². The van der Waals surface area contributed by atoms with Crippen LogP contribution in [0.25, 0.3) is 0 Å². The largest absolute Gasteiger partial charge is 0.304 e. The summed E-state index contributed by atoms with van der Waals surface area (Å²) < 4.78 is 28.0. The Kier molecular flexibility index (Phi) is 5.95. The second-order valence-electron chi connectivity index (χ2n) is 5.20. The van der Waals surface area contributed by atoms with Crippen molar-refractivity contribution in [3.8, 4) is 0 Å². The Balaban J connectivity index is 1.90. The van der Waals surface area contributed by atoms with Crippen molar-refractivity contribution < 1.29 is 8.78 Å². The number of piperazine rings is 1. The van der Waals surface area contributed by atoms with Crippen molar-refractivity contribution in [2.45, 2.75) is 12.8 Å². The number of rotatable bonds is 4. The van der Waals surface area contributed by atoms with E-state index < -0.39 is 5.82 Å². The van der Waals surface area contributed by atoms with Gasteiger partial charge < -0.3 is 9.80 Å². The molecule has 0 N–H and O–H groups in total. The van der Waals surface area contributed by atoms with E-state index in [1.165, 1.54) is 6.07 Å². The van der Waals surface area contributed by atoms with Gasteiger partial charge in [-0.3, -0.25) is 0 Å². The topological polar surface area (TPSA) is 6.48 Å². The van der Waals surface area contributed by atoms with Gasteiger partial charge >= 0.3 is 0 Å². The van der Waals surface area contributed by atoms with Crippen molar-refractivity contribution in [2.24, 2.45) is 0 Å². The van der Waals surface area contributed by atoms with Crippen LogP contribution in [0.2, 0.25) is 0 Å². The zero-order valence-electron chi connectivity index (χ0n) is 11.4. The van der Waals surface area contributed by atoms with Gasteiger partial charge in [0.25, 0.3) is 0 Å². The molecule has 0 radical (unpaired) electrons.